The smallest absolute Gasteiger partial charge is 0.0302 e. The summed E-state index contributed by atoms with van der Waals surface area (Å²) in [5, 5.41) is 0. The minimum absolute atomic E-state index is 0.684. The first kappa shape index (κ1) is 14.1. The summed E-state index contributed by atoms with van der Waals surface area (Å²) in [6, 6.07) is 0.684. The molecule has 2 unspecified atom stereocenters. The molecular weight excluding hydrogens is 218 g/mol. The SMILES string of the molecule is C=C(C)C1CCCN1CCC(C)C1CCCCC1. The Kier molecular flexibility index (Phi) is 5.29. The highest BCUT2D eigenvalue weighted by atomic mass is 15.2. The van der Waals surface area contributed by atoms with E-state index in [4.69, 9.17) is 0 Å². The van der Waals surface area contributed by atoms with Crippen LogP contribution in [0, 0.1) is 11.8 Å². The van der Waals surface area contributed by atoms with Crippen molar-refractivity contribution in [1.29, 1.82) is 0 Å². The third-order valence-corrected chi connectivity index (χ3v) is 5.26. The number of nitrogens with zero attached hydrogens (tertiary/aromatic N) is 1. The van der Waals surface area contributed by atoms with Gasteiger partial charge in [-0.2, -0.15) is 0 Å². The van der Waals surface area contributed by atoms with Gasteiger partial charge < -0.3 is 0 Å². The predicted molar refractivity (Wildman–Crippen MR) is 79.8 cm³/mol. The largest absolute Gasteiger partial charge is 0.297 e. The Hall–Kier alpha value is -0.300. The van der Waals surface area contributed by atoms with Gasteiger partial charge in [0.15, 0.2) is 0 Å². The Balaban J connectivity index is 1.74. The molecule has 2 aliphatic rings. The van der Waals surface area contributed by atoms with Crippen molar-refractivity contribution in [3.05, 3.63) is 12.2 Å². The molecule has 2 atom stereocenters. The normalized spacial score (nSPS) is 28.4. The molecule has 1 aliphatic heterocycles. The van der Waals surface area contributed by atoms with E-state index in [1.807, 2.05) is 0 Å². The van der Waals surface area contributed by atoms with Crippen molar-refractivity contribution >= 4 is 0 Å². The van der Waals surface area contributed by atoms with Gasteiger partial charge in [0, 0.05) is 6.04 Å². The lowest BCUT2D eigenvalue weighted by atomic mass is 9.79. The van der Waals surface area contributed by atoms with Gasteiger partial charge in [-0.05, 0) is 51.1 Å². The minimum atomic E-state index is 0.684. The first-order valence-electron chi connectivity index (χ1n) is 8.08. The van der Waals surface area contributed by atoms with Gasteiger partial charge in [-0.25, -0.2) is 0 Å². The van der Waals surface area contributed by atoms with Crippen LogP contribution in [-0.2, 0) is 0 Å². The molecule has 0 bridgehead atoms. The van der Waals surface area contributed by atoms with Gasteiger partial charge in [-0.3, -0.25) is 4.90 Å². The van der Waals surface area contributed by atoms with E-state index in [0.717, 1.165) is 11.8 Å². The molecule has 1 nitrogen and oxygen atoms in total. The molecule has 1 saturated carbocycles. The second kappa shape index (κ2) is 6.75. The highest BCUT2D eigenvalue weighted by Crippen LogP contribution is 2.32. The van der Waals surface area contributed by atoms with Crippen molar-refractivity contribution in [1.82, 2.24) is 4.90 Å². The minimum Gasteiger partial charge on any atom is -0.297 e. The Bertz CT molecular complexity index is 265. The molecular formula is C17H31N. The fourth-order valence-electron chi connectivity index (χ4n) is 3.96. The van der Waals surface area contributed by atoms with Gasteiger partial charge in [0.05, 0.1) is 0 Å². The number of rotatable bonds is 5. The molecule has 0 aromatic heterocycles. The second-order valence-electron chi connectivity index (χ2n) is 6.70. The summed E-state index contributed by atoms with van der Waals surface area (Å²) in [7, 11) is 0. The first-order chi connectivity index (χ1) is 8.68. The summed E-state index contributed by atoms with van der Waals surface area (Å²) in [5.41, 5.74) is 1.37. The number of hydrogen-bond acceptors (Lipinski definition) is 1. The van der Waals surface area contributed by atoms with Crippen LogP contribution in [-0.4, -0.2) is 24.0 Å². The topological polar surface area (TPSA) is 3.24 Å². The van der Waals surface area contributed by atoms with Crippen LogP contribution in [0.15, 0.2) is 12.2 Å². The van der Waals surface area contributed by atoms with E-state index in [1.54, 1.807) is 0 Å². The maximum Gasteiger partial charge on any atom is 0.0302 e. The predicted octanol–water partition coefficient (Wildman–Crippen LogP) is 4.63. The average molecular weight is 249 g/mol. The number of hydrogen-bond donors (Lipinski definition) is 0. The molecule has 0 aromatic carbocycles. The Morgan fingerprint density at radius 1 is 1.17 bits per heavy atom. The van der Waals surface area contributed by atoms with E-state index >= 15 is 0 Å². The van der Waals surface area contributed by atoms with Gasteiger partial charge in [0.2, 0.25) is 0 Å². The molecule has 0 N–H and O–H groups in total. The Morgan fingerprint density at radius 2 is 1.89 bits per heavy atom. The zero-order valence-corrected chi connectivity index (χ0v) is 12.5. The molecule has 0 spiro atoms. The van der Waals surface area contributed by atoms with Crippen LogP contribution in [0.4, 0.5) is 0 Å². The summed E-state index contributed by atoms with van der Waals surface area (Å²) in [6.07, 6.45) is 11.5. The molecule has 1 heteroatoms. The van der Waals surface area contributed by atoms with Gasteiger partial charge >= 0.3 is 0 Å². The van der Waals surface area contributed by atoms with Gasteiger partial charge in [0.25, 0.3) is 0 Å². The monoisotopic (exact) mass is 249 g/mol. The van der Waals surface area contributed by atoms with E-state index in [0.29, 0.717) is 6.04 Å². The van der Waals surface area contributed by atoms with Crippen molar-refractivity contribution in [2.75, 3.05) is 13.1 Å². The van der Waals surface area contributed by atoms with Crippen LogP contribution in [0.2, 0.25) is 0 Å². The van der Waals surface area contributed by atoms with Crippen LogP contribution in [0.3, 0.4) is 0 Å². The van der Waals surface area contributed by atoms with Crippen LogP contribution in [0.25, 0.3) is 0 Å². The summed E-state index contributed by atoms with van der Waals surface area (Å²) < 4.78 is 0. The first-order valence-corrected chi connectivity index (χ1v) is 8.08. The fourth-order valence-corrected chi connectivity index (χ4v) is 3.96. The van der Waals surface area contributed by atoms with Crippen LogP contribution in [0.5, 0.6) is 0 Å². The van der Waals surface area contributed by atoms with Crippen molar-refractivity contribution in [3.63, 3.8) is 0 Å². The van der Waals surface area contributed by atoms with Crippen molar-refractivity contribution in [3.8, 4) is 0 Å². The fraction of sp³-hybridized carbons (Fsp3) is 0.882. The van der Waals surface area contributed by atoms with E-state index in [2.05, 4.69) is 25.3 Å². The van der Waals surface area contributed by atoms with Crippen LogP contribution in [0.1, 0.15) is 65.2 Å². The quantitative estimate of drug-likeness (QED) is 0.642. The highest BCUT2D eigenvalue weighted by Gasteiger charge is 2.26. The molecule has 1 aliphatic carbocycles. The molecule has 0 aromatic rings. The van der Waals surface area contributed by atoms with E-state index in [9.17, 15) is 0 Å². The maximum atomic E-state index is 4.16. The van der Waals surface area contributed by atoms with Crippen molar-refractivity contribution in [2.24, 2.45) is 11.8 Å². The van der Waals surface area contributed by atoms with Crippen LogP contribution < -0.4 is 0 Å². The summed E-state index contributed by atoms with van der Waals surface area (Å²) >= 11 is 0. The number of likely N-dealkylation sites (tertiary alicyclic amines) is 1. The second-order valence-corrected chi connectivity index (χ2v) is 6.70. The van der Waals surface area contributed by atoms with Gasteiger partial charge in [0.1, 0.15) is 0 Å². The molecule has 0 radical (unpaired) electrons. The Morgan fingerprint density at radius 3 is 2.56 bits per heavy atom. The molecule has 104 valence electrons. The lowest BCUT2D eigenvalue weighted by molar-refractivity contribution is 0.206. The summed E-state index contributed by atoms with van der Waals surface area (Å²) in [5.74, 6) is 1.95. The van der Waals surface area contributed by atoms with Gasteiger partial charge in [-0.15, -0.1) is 0 Å². The zero-order chi connectivity index (χ0) is 13.0. The van der Waals surface area contributed by atoms with Crippen LogP contribution >= 0.6 is 0 Å². The van der Waals surface area contributed by atoms with Gasteiger partial charge in [-0.1, -0.05) is 51.2 Å². The van der Waals surface area contributed by atoms with E-state index < -0.39 is 0 Å². The molecule has 1 heterocycles. The van der Waals surface area contributed by atoms with E-state index in [-0.39, 0.29) is 0 Å². The molecule has 2 rings (SSSR count). The zero-order valence-electron chi connectivity index (χ0n) is 12.5. The molecule has 2 fully saturated rings. The van der Waals surface area contributed by atoms with E-state index in [1.165, 1.54) is 70.0 Å². The standard InChI is InChI=1S/C17H31N/c1-14(2)17-10-7-12-18(17)13-11-15(3)16-8-5-4-6-9-16/h15-17H,1,4-13H2,2-3H3. The molecule has 18 heavy (non-hydrogen) atoms. The Labute approximate surface area is 114 Å². The summed E-state index contributed by atoms with van der Waals surface area (Å²) in [6.45, 7) is 11.5. The lowest BCUT2D eigenvalue weighted by Gasteiger charge is -2.31. The average Bonchev–Trinajstić information content (AvgIpc) is 2.85. The highest BCUT2D eigenvalue weighted by molar-refractivity contribution is 5.05. The van der Waals surface area contributed by atoms with Crippen molar-refractivity contribution < 1.29 is 0 Å². The third kappa shape index (κ3) is 3.60. The molecule has 1 saturated heterocycles. The summed E-state index contributed by atoms with van der Waals surface area (Å²) in [4.78, 5) is 2.68. The maximum absolute atomic E-state index is 4.16. The third-order valence-electron chi connectivity index (χ3n) is 5.26. The molecule has 0 amide bonds. The van der Waals surface area contributed by atoms with Crippen molar-refractivity contribution in [2.45, 2.75) is 71.3 Å². The lowest BCUT2D eigenvalue weighted by Crippen LogP contribution is -2.32.